The van der Waals surface area contributed by atoms with Crippen LogP contribution in [0.2, 0.25) is 5.02 Å². The minimum atomic E-state index is -4.04. The smallest absolute Gasteiger partial charge is 0.255 e. The molecule has 7 nitrogen and oxygen atoms in total. The van der Waals surface area contributed by atoms with Gasteiger partial charge in [-0.05, 0) is 74.3 Å². The predicted molar refractivity (Wildman–Crippen MR) is 129 cm³/mol. The van der Waals surface area contributed by atoms with E-state index in [1.54, 1.807) is 6.92 Å². The molecule has 11 heteroatoms. The quantitative estimate of drug-likeness (QED) is 0.422. The molecule has 1 amide bonds. The zero-order chi connectivity index (χ0) is 26.4. The highest BCUT2D eigenvalue weighted by Crippen LogP contribution is 2.54. The van der Waals surface area contributed by atoms with Gasteiger partial charge in [0.2, 0.25) is 0 Å². The van der Waals surface area contributed by atoms with Crippen molar-refractivity contribution >= 4 is 33.0 Å². The number of hydrogen-bond donors (Lipinski definition) is 4. The third kappa shape index (κ3) is 4.65. The summed E-state index contributed by atoms with van der Waals surface area (Å²) in [4.78, 5) is 12.4. The van der Waals surface area contributed by atoms with E-state index < -0.39 is 62.3 Å². The summed E-state index contributed by atoms with van der Waals surface area (Å²) < 4.78 is 53.9. The number of carbonyl (C=O) groups is 1. The first kappa shape index (κ1) is 26.9. The lowest BCUT2D eigenvalue weighted by atomic mass is 9.69. The zero-order valence-corrected chi connectivity index (χ0v) is 21.1. The molecule has 0 heterocycles. The van der Waals surface area contributed by atoms with Crippen molar-refractivity contribution in [3.63, 3.8) is 0 Å². The fraction of sp³-hybridized carbons (Fsp3) is 0.480. The number of rotatable bonds is 7. The van der Waals surface area contributed by atoms with Gasteiger partial charge in [-0.25, -0.2) is 17.2 Å². The fourth-order valence-corrected chi connectivity index (χ4v) is 8.03. The van der Waals surface area contributed by atoms with Crippen molar-refractivity contribution in [3.8, 4) is 0 Å². The van der Waals surface area contributed by atoms with Crippen LogP contribution in [0, 0.1) is 23.5 Å². The summed E-state index contributed by atoms with van der Waals surface area (Å²) in [5.41, 5.74) is -1.62. The Morgan fingerprint density at radius 1 is 1.11 bits per heavy atom. The molecule has 0 aromatic heterocycles. The van der Waals surface area contributed by atoms with Gasteiger partial charge in [-0.15, -0.1) is 0 Å². The number of halogens is 3. The third-order valence-corrected chi connectivity index (χ3v) is 10.3. The monoisotopic (exact) mass is 543 g/mol. The molecule has 2 aliphatic carbocycles. The number of nitrogens with one attached hydrogen (secondary N) is 1. The van der Waals surface area contributed by atoms with Crippen molar-refractivity contribution in [2.24, 2.45) is 11.8 Å². The minimum Gasteiger partial charge on any atom is -0.390 e. The molecule has 0 spiro atoms. The number of aliphatic hydroxyl groups excluding tert-OH is 2. The number of benzene rings is 2. The second kappa shape index (κ2) is 9.98. The molecule has 2 fully saturated rings. The van der Waals surface area contributed by atoms with Crippen LogP contribution < -0.4 is 5.32 Å². The highest BCUT2D eigenvalue weighted by Gasteiger charge is 2.60. The van der Waals surface area contributed by atoms with Gasteiger partial charge in [0, 0.05) is 17.3 Å². The average Bonchev–Trinajstić information content (AvgIpc) is 3.00. The van der Waals surface area contributed by atoms with Crippen molar-refractivity contribution < 1.29 is 37.3 Å². The Kier molecular flexibility index (Phi) is 7.47. The van der Waals surface area contributed by atoms with Gasteiger partial charge in [-0.3, -0.25) is 4.79 Å². The molecular formula is C25H28ClF2NO6S. The average molecular weight is 544 g/mol. The first-order valence-electron chi connectivity index (χ1n) is 11.8. The van der Waals surface area contributed by atoms with Gasteiger partial charge in [0.15, 0.2) is 21.5 Å². The molecule has 2 bridgehead atoms. The summed E-state index contributed by atoms with van der Waals surface area (Å²) in [6, 6.07) is 6.59. The van der Waals surface area contributed by atoms with Crippen molar-refractivity contribution in [1.29, 1.82) is 0 Å². The van der Waals surface area contributed by atoms with Crippen LogP contribution in [-0.4, -0.2) is 52.7 Å². The standard InChI is InChI=1S/C25H28ClF2NO6S/c1-2-21(30)23(31)25(33)14-4-5-15(25)11-17(10-14)36(34,35)22-9-13(3-7-18(22)26)24(32)29-16-6-8-19(27)20(28)12-16/h3,6-9,12,14-15,17,21,23,30-31,33H,2,4-5,10-11H2,1H3,(H,29,32)/t14-,15?,17-,21+,23-,25-/m0/s1. The number of aliphatic hydroxyl groups is 3. The van der Waals surface area contributed by atoms with Crippen LogP contribution in [0.15, 0.2) is 41.3 Å². The van der Waals surface area contributed by atoms with Gasteiger partial charge >= 0.3 is 0 Å². The van der Waals surface area contributed by atoms with Gasteiger partial charge < -0.3 is 20.6 Å². The lowest BCUT2D eigenvalue weighted by Gasteiger charge is -2.46. The second-order valence-electron chi connectivity index (χ2n) is 9.65. The molecular weight excluding hydrogens is 516 g/mol. The molecule has 2 saturated carbocycles. The molecule has 0 radical (unpaired) electrons. The van der Waals surface area contributed by atoms with Crippen molar-refractivity contribution in [2.75, 3.05) is 5.32 Å². The van der Waals surface area contributed by atoms with Crippen LogP contribution in [0.4, 0.5) is 14.5 Å². The predicted octanol–water partition coefficient (Wildman–Crippen LogP) is 3.70. The summed E-state index contributed by atoms with van der Waals surface area (Å²) in [7, 11) is -4.04. The molecule has 0 saturated heterocycles. The summed E-state index contributed by atoms with van der Waals surface area (Å²) in [5.74, 6) is -3.99. The normalized spacial score (nSPS) is 27.5. The first-order valence-corrected chi connectivity index (χ1v) is 13.7. The van der Waals surface area contributed by atoms with Crippen molar-refractivity contribution in [2.45, 2.75) is 67.0 Å². The molecule has 4 rings (SSSR count). The zero-order valence-electron chi connectivity index (χ0n) is 19.5. The maximum absolute atomic E-state index is 13.6. The number of anilines is 1. The molecule has 2 aliphatic rings. The Morgan fingerprint density at radius 2 is 1.75 bits per heavy atom. The van der Waals surface area contributed by atoms with Crippen LogP contribution in [0.1, 0.15) is 49.4 Å². The van der Waals surface area contributed by atoms with Gasteiger partial charge in [-0.2, -0.15) is 0 Å². The van der Waals surface area contributed by atoms with Crippen LogP contribution in [0.5, 0.6) is 0 Å². The van der Waals surface area contributed by atoms with E-state index in [-0.39, 0.29) is 40.4 Å². The van der Waals surface area contributed by atoms with Gasteiger partial charge in [0.1, 0.15) is 6.10 Å². The number of sulfone groups is 1. The molecule has 6 atom stereocenters. The molecule has 2 aromatic carbocycles. The summed E-state index contributed by atoms with van der Waals surface area (Å²) in [6.07, 6.45) is -1.06. The molecule has 2 aromatic rings. The van der Waals surface area contributed by atoms with Gasteiger partial charge in [0.25, 0.3) is 5.91 Å². The summed E-state index contributed by atoms with van der Waals surface area (Å²) in [6.45, 7) is 1.69. The largest absolute Gasteiger partial charge is 0.390 e. The maximum Gasteiger partial charge on any atom is 0.255 e. The molecule has 196 valence electrons. The molecule has 36 heavy (non-hydrogen) atoms. The Labute approximate surface area is 213 Å². The van der Waals surface area contributed by atoms with E-state index in [0.717, 1.165) is 18.2 Å². The number of carbonyl (C=O) groups excluding carboxylic acids is 1. The SMILES string of the molecule is CC[C@@H](O)[C@H](O)[C@@]1(O)C2CC[C@H]1C[C@H](S(=O)(=O)c1cc(C(=O)Nc3ccc(F)c(F)c3)ccc1Cl)C2. The van der Waals surface area contributed by atoms with E-state index in [4.69, 9.17) is 11.6 Å². The maximum atomic E-state index is 13.6. The highest BCUT2D eigenvalue weighted by molar-refractivity contribution is 7.92. The van der Waals surface area contributed by atoms with Crippen LogP contribution in [0.25, 0.3) is 0 Å². The second-order valence-corrected chi connectivity index (χ2v) is 12.2. The van der Waals surface area contributed by atoms with E-state index in [0.29, 0.717) is 12.8 Å². The van der Waals surface area contributed by atoms with E-state index in [1.807, 2.05) is 0 Å². The van der Waals surface area contributed by atoms with Crippen LogP contribution in [-0.2, 0) is 9.84 Å². The van der Waals surface area contributed by atoms with Crippen LogP contribution >= 0.6 is 11.6 Å². The van der Waals surface area contributed by atoms with E-state index in [1.165, 1.54) is 18.2 Å². The lowest BCUT2D eigenvalue weighted by molar-refractivity contribution is -0.176. The Morgan fingerprint density at radius 3 is 2.33 bits per heavy atom. The van der Waals surface area contributed by atoms with Crippen LogP contribution in [0.3, 0.4) is 0 Å². The van der Waals surface area contributed by atoms with E-state index in [9.17, 15) is 37.3 Å². The van der Waals surface area contributed by atoms with E-state index in [2.05, 4.69) is 5.32 Å². The first-order chi connectivity index (χ1) is 16.9. The minimum absolute atomic E-state index is 0.00535. The molecule has 0 aliphatic heterocycles. The number of hydrogen-bond acceptors (Lipinski definition) is 6. The number of amides is 1. The molecule has 4 N–H and O–H groups in total. The topological polar surface area (TPSA) is 124 Å². The van der Waals surface area contributed by atoms with Gasteiger partial charge in [0.05, 0.1) is 26.9 Å². The van der Waals surface area contributed by atoms with Gasteiger partial charge in [-0.1, -0.05) is 18.5 Å². The Hall–Kier alpha value is -2.11. The highest BCUT2D eigenvalue weighted by atomic mass is 35.5. The van der Waals surface area contributed by atoms with Crippen molar-refractivity contribution in [1.82, 2.24) is 0 Å². The summed E-state index contributed by atoms with van der Waals surface area (Å²) in [5, 5.41) is 33.5. The third-order valence-electron chi connectivity index (χ3n) is 7.64. The summed E-state index contributed by atoms with van der Waals surface area (Å²) >= 11 is 6.23. The number of fused-ring (bicyclic) bond motifs is 2. The fourth-order valence-electron chi connectivity index (χ4n) is 5.63. The Bertz CT molecular complexity index is 1260. The van der Waals surface area contributed by atoms with Crippen molar-refractivity contribution in [3.05, 3.63) is 58.6 Å². The molecule has 1 unspecified atom stereocenters. The Balaban J connectivity index is 1.58. The lowest BCUT2D eigenvalue weighted by Crippen LogP contribution is -2.59. The van der Waals surface area contributed by atoms with E-state index >= 15 is 0 Å².